The number of benzene rings is 1. The molecular weight excluding hydrogens is 380 g/mol. The van der Waals surface area contributed by atoms with Gasteiger partial charge in [0.25, 0.3) is 5.91 Å². The van der Waals surface area contributed by atoms with Crippen LogP contribution in [0.15, 0.2) is 18.2 Å². The Bertz CT molecular complexity index is 796. The van der Waals surface area contributed by atoms with Gasteiger partial charge in [-0.15, -0.1) is 0 Å². The summed E-state index contributed by atoms with van der Waals surface area (Å²) in [4.78, 5) is 31.7. The van der Waals surface area contributed by atoms with E-state index in [0.717, 1.165) is 64.2 Å². The number of piperazine rings is 1. The minimum Gasteiger partial charge on any atom is -0.496 e. The smallest absolute Gasteiger partial charge is 0.326 e. The van der Waals surface area contributed by atoms with Gasteiger partial charge in [-0.2, -0.15) is 0 Å². The minimum atomic E-state index is -0.646. The van der Waals surface area contributed by atoms with Crippen LogP contribution in [0.25, 0.3) is 0 Å². The van der Waals surface area contributed by atoms with Crippen molar-refractivity contribution in [1.29, 1.82) is 0 Å². The molecule has 2 saturated heterocycles. The predicted octanol–water partition coefficient (Wildman–Crippen LogP) is 2.58. The molecule has 1 N–H and O–H groups in total. The summed E-state index contributed by atoms with van der Waals surface area (Å²) in [6.07, 6.45) is 3.53. The van der Waals surface area contributed by atoms with Crippen molar-refractivity contribution >= 4 is 11.9 Å². The third-order valence-electron chi connectivity index (χ3n) is 7.01. The van der Waals surface area contributed by atoms with Crippen LogP contribution in [0.2, 0.25) is 0 Å². The van der Waals surface area contributed by atoms with E-state index < -0.39 is 5.54 Å². The van der Waals surface area contributed by atoms with Gasteiger partial charge < -0.3 is 10.1 Å². The van der Waals surface area contributed by atoms with E-state index in [-0.39, 0.29) is 11.9 Å². The number of amides is 3. The molecule has 1 aromatic rings. The topological polar surface area (TPSA) is 65.1 Å². The number of nitrogens with one attached hydrogen (secondary N) is 1. The Kier molecular flexibility index (Phi) is 6.02. The van der Waals surface area contributed by atoms with Crippen LogP contribution in [0.1, 0.15) is 43.7 Å². The maximum absolute atomic E-state index is 13.1. The number of imide groups is 1. The molecule has 7 nitrogen and oxygen atoms in total. The van der Waals surface area contributed by atoms with Crippen LogP contribution in [0.4, 0.5) is 4.79 Å². The average Bonchev–Trinajstić information content (AvgIpc) is 2.96. The molecule has 30 heavy (non-hydrogen) atoms. The van der Waals surface area contributed by atoms with E-state index in [1.165, 1.54) is 16.0 Å². The molecule has 1 spiro atoms. The van der Waals surface area contributed by atoms with Crippen molar-refractivity contribution in [3.05, 3.63) is 29.3 Å². The molecule has 1 aromatic carbocycles. The molecule has 4 rings (SSSR count). The number of rotatable bonds is 5. The molecule has 1 saturated carbocycles. The van der Waals surface area contributed by atoms with E-state index in [0.29, 0.717) is 12.6 Å². The number of nitrogens with zero attached hydrogens (tertiary/aromatic N) is 3. The Morgan fingerprint density at radius 1 is 1.10 bits per heavy atom. The van der Waals surface area contributed by atoms with Crippen molar-refractivity contribution in [2.45, 2.75) is 51.6 Å². The summed E-state index contributed by atoms with van der Waals surface area (Å²) >= 11 is 0. The standard InChI is InChI=1S/C23H34N4O3/c1-17-6-8-23(9-7-17)21(28)27(22(29)24-23)16-26-12-10-25(11-13-26)15-19-14-18(2)4-5-20(19)30-3/h4-5,14,17H,6-13,15-16H2,1-3H3,(H,24,29). The fourth-order valence-electron chi connectivity index (χ4n) is 4.96. The van der Waals surface area contributed by atoms with Crippen LogP contribution in [0.3, 0.4) is 0 Å². The van der Waals surface area contributed by atoms with Crippen molar-refractivity contribution < 1.29 is 14.3 Å². The lowest BCUT2D eigenvalue weighted by atomic mass is 9.77. The maximum Gasteiger partial charge on any atom is 0.326 e. The van der Waals surface area contributed by atoms with E-state index in [1.54, 1.807) is 7.11 Å². The number of hydrogen-bond acceptors (Lipinski definition) is 5. The number of methoxy groups -OCH3 is 1. The zero-order chi connectivity index (χ0) is 21.3. The largest absolute Gasteiger partial charge is 0.496 e. The zero-order valence-electron chi connectivity index (χ0n) is 18.4. The fourth-order valence-corrected chi connectivity index (χ4v) is 4.96. The van der Waals surface area contributed by atoms with Crippen LogP contribution >= 0.6 is 0 Å². The van der Waals surface area contributed by atoms with E-state index in [4.69, 9.17) is 4.74 Å². The van der Waals surface area contributed by atoms with Gasteiger partial charge in [0.2, 0.25) is 0 Å². The molecule has 3 fully saturated rings. The first-order valence-electron chi connectivity index (χ1n) is 11.1. The van der Waals surface area contributed by atoms with Gasteiger partial charge in [-0.1, -0.05) is 24.6 Å². The van der Waals surface area contributed by atoms with Gasteiger partial charge in [-0.3, -0.25) is 14.6 Å². The van der Waals surface area contributed by atoms with Crippen LogP contribution in [0.5, 0.6) is 5.75 Å². The minimum absolute atomic E-state index is 0.0219. The van der Waals surface area contributed by atoms with Crippen molar-refractivity contribution in [3.8, 4) is 5.75 Å². The molecule has 0 unspecified atom stereocenters. The second kappa shape index (κ2) is 8.55. The molecular formula is C23H34N4O3. The van der Waals surface area contributed by atoms with Crippen molar-refractivity contribution in [1.82, 2.24) is 20.0 Å². The summed E-state index contributed by atoms with van der Waals surface area (Å²) in [5, 5.41) is 3.03. The summed E-state index contributed by atoms with van der Waals surface area (Å²) in [7, 11) is 1.71. The first kappa shape index (κ1) is 21.1. The van der Waals surface area contributed by atoms with Crippen LogP contribution in [-0.2, 0) is 11.3 Å². The van der Waals surface area contributed by atoms with Gasteiger partial charge in [0.05, 0.1) is 13.8 Å². The summed E-state index contributed by atoms with van der Waals surface area (Å²) in [5.74, 6) is 1.54. The van der Waals surface area contributed by atoms with Crippen molar-refractivity contribution in [2.24, 2.45) is 5.92 Å². The Labute approximate surface area is 179 Å². The van der Waals surface area contributed by atoms with Gasteiger partial charge in [0, 0.05) is 38.3 Å². The number of urea groups is 1. The second-order valence-corrected chi connectivity index (χ2v) is 9.28. The number of hydrogen-bond donors (Lipinski definition) is 1. The van der Waals surface area contributed by atoms with E-state index >= 15 is 0 Å². The highest BCUT2D eigenvalue weighted by molar-refractivity contribution is 6.07. The molecule has 2 aliphatic heterocycles. The summed E-state index contributed by atoms with van der Waals surface area (Å²) < 4.78 is 5.51. The summed E-state index contributed by atoms with van der Waals surface area (Å²) in [6.45, 7) is 9.06. The molecule has 7 heteroatoms. The normalized spacial score (nSPS) is 28.2. The predicted molar refractivity (Wildman–Crippen MR) is 115 cm³/mol. The molecule has 0 radical (unpaired) electrons. The summed E-state index contributed by atoms with van der Waals surface area (Å²) in [6, 6.07) is 6.06. The Morgan fingerprint density at radius 3 is 2.43 bits per heavy atom. The SMILES string of the molecule is COc1ccc(C)cc1CN1CCN(CN2C(=O)NC3(CCC(C)CC3)C2=O)CC1. The zero-order valence-corrected chi connectivity index (χ0v) is 18.4. The fraction of sp³-hybridized carbons (Fsp3) is 0.652. The number of carbonyl (C=O) groups is 2. The average molecular weight is 415 g/mol. The Morgan fingerprint density at radius 2 is 1.77 bits per heavy atom. The molecule has 1 aliphatic carbocycles. The van der Waals surface area contributed by atoms with Gasteiger partial charge >= 0.3 is 6.03 Å². The third kappa shape index (κ3) is 4.18. The van der Waals surface area contributed by atoms with E-state index in [2.05, 4.69) is 41.1 Å². The van der Waals surface area contributed by atoms with Crippen LogP contribution in [0, 0.1) is 12.8 Å². The van der Waals surface area contributed by atoms with Gasteiger partial charge in [-0.05, 0) is 44.6 Å². The first-order valence-corrected chi connectivity index (χ1v) is 11.1. The van der Waals surface area contributed by atoms with Crippen molar-refractivity contribution in [2.75, 3.05) is 40.0 Å². The van der Waals surface area contributed by atoms with Gasteiger partial charge in [-0.25, -0.2) is 9.69 Å². The molecule has 3 aliphatic rings. The monoisotopic (exact) mass is 414 g/mol. The highest BCUT2D eigenvalue weighted by atomic mass is 16.5. The molecule has 3 amide bonds. The highest BCUT2D eigenvalue weighted by Gasteiger charge is 2.52. The first-order chi connectivity index (χ1) is 14.4. The van der Waals surface area contributed by atoms with Crippen molar-refractivity contribution in [3.63, 3.8) is 0 Å². The number of ether oxygens (including phenoxy) is 1. The van der Waals surface area contributed by atoms with E-state index in [1.807, 2.05) is 6.07 Å². The molecule has 0 bridgehead atoms. The lowest BCUT2D eigenvalue weighted by Crippen LogP contribution is -2.52. The number of aryl methyl sites for hydroxylation is 1. The molecule has 164 valence electrons. The molecule has 2 heterocycles. The van der Waals surface area contributed by atoms with E-state index in [9.17, 15) is 9.59 Å². The lowest BCUT2D eigenvalue weighted by molar-refractivity contribution is -0.134. The number of carbonyl (C=O) groups excluding carboxylic acids is 2. The quantitative estimate of drug-likeness (QED) is 0.751. The lowest BCUT2D eigenvalue weighted by Gasteiger charge is -2.37. The Hall–Kier alpha value is -2.12. The molecule has 0 aromatic heterocycles. The summed E-state index contributed by atoms with van der Waals surface area (Å²) in [5.41, 5.74) is 1.79. The highest BCUT2D eigenvalue weighted by Crippen LogP contribution is 2.36. The third-order valence-corrected chi connectivity index (χ3v) is 7.01. The van der Waals surface area contributed by atoms with Gasteiger partial charge in [0.15, 0.2) is 0 Å². The maximum atomic E-state index is 13.1. The van der Waals surface area contributed by atoms with Crippen LogP contribution < -0.4 is 10.1 Å². The Balaban J connectivity index is 1.31. The molecule has 0 atom stereocenters. The van der Waals surface area contributed by atoms with Crippen LogP contribution in [-0.4, -0.2) is 72.1 Å². The van der Waals surface area contributed by atoms with Gasteiger partial charge in [0.1, 0.15) is 11.3 Å². The second-order valence-electron chi connectivity index (χ2n) is 9.28.